The van der Waals surface area contributed by atoms with Gasteiger partial charge in [-0.05, 0) is 62.1 Å². The molecule has 36 heavy (non-hydrogen) atoms. The van der Waals surface area contributed by atoms with Gasteiger partial charge in [-0.15, -0.1) is 0 Å². The number of rotatable bonds is 10. The predicted octanol–water partition coefficient (Wildman–Crippen LogP) is 5.31. The van der Waals surface area contributed by atoms with Gasteiger partial charge < -0.3 is 14.7 Å². The highest BCUT2D eigenvalue weighted by atomic mass is 16.6. The third kappa shape index (κ3) is 6.36. The lowest BCUT2D eigenvalue weighted by molar-refractivity contribution is -0.156. The van der Waals surface area contributed by atoms with Crippen LogP contribution in [0.5, 0.6) is 0 Å². The summed E-state index contributed by atoms with van der Waals surface area (Å²) in [6.07, 6.45) is 2.13. The summed E-state index contributed by atoms with van der Waals surface area (Å²) in [5, 5.41) is 13.5. The molecule has 0 unspecified atom stereocenters. The van der Waals surface area contributed by atoms with Crippen molar-refractivity contribution in [2.24, 2.45) is 5.16 Å². The van der Waals surface area contributed by atoms with Crippen LogP contribution in [0.1, 0.15) is 65.6 Å². The molecule has 0 spiro atoms. The molecule has 0 amide bonds. The van der Waals surface area contributed by atoms with Gasteiger partial charge in [-0.25, -0.2) is 0 Å². The van der Waals surface area contributed by atoms with E-state index in [1.165, 1.54) is 0 Å². The van der Waals surface area contributed by atoms with Gasteiger partial charge in [0.1, 0.15) is 0 Å². The van der Waals surface area contributed by atoms with Crippen molar-refractivity contribution in [2.75, 3.05) is 13.2 Å². The number of nitrogens with zero attached hydrogens (tertiary/aromatic N) is 2. The monoisotopic (exact) mass is 488 g/mol. The van der Waals surface area contributed by atoms with Crippen LogP contribution in [-0.4, -0.2) is 41.1 Å². The number of aromatic nitrogens is 1. The van der Waals surface area contributed by atoms with E-state index in [-0.39, 0.29) is 19.1 Å². The molecule has 0 saturated heterocycles. The Morgan fingerprint density at radius 3 is 2.08 bits per heavy atom. The highest BCUT2D eigenvalue weighted by Gasteiger charge is 2.31. The SMILES string of the molecule is CCOC(=O)C(C(=O)OCC)c1ccc([C@H](CC(=NO)c2ccnc(C)c2)c2ccccc2C)cc1. The van der Waals surface area contributed by atoms with Gasteiger partial charge in [0.2, 0.25) is 0 Å². The topological polar surface area (TPSA) is 98.1 Å². The number of esters is 2. The Balaban J connectivity index is 2.01. The lowest BCUT2D eigenvalue weighted by atomic mass is 9.82. The fraction of sp³-hybridized carbons (Fsp3) is 0.310. The van der Waals surface area contributed by atoms with Crippen LogP contribution >= 0.6 is 0 Å². The van der Waals surface area contributed by atoms with E-state index in [0.717, 1.165) is 27.9 Å². The molecule has 0 aliphatic heterocycles. The van der Waals surface area contributed by atoms with E-state index in [4.69, 9.17) is 9.47 Å². The molecule has 3 rings (SSSR count). The zero-order valence-electron chi connectivity index (χ0n) is 21.1. The maximum atomic E-state index is 12.5. The van der Waals surface area contributed by atoms with Crippen molar-refractivity contribution in [3.05, 3.63) is 100 Å². The number of pyridine rings is 1. The quantitative estimate of drug-likeness (QED) is 0.137. The second-order valence-corrected chi connectivity index (χ2v) is 8.45. The number of benzene rings is 2. The maximum Gasteiger partial charge on any atom is 0.324 e. The lowest BCUT2D eigenvalue weighted by Crippen LogP contribution is -2.26. The smallest absolute Gasteiger partial charge is 0.324 e. The van der Waals surface area contributed by atoms with Crippen molar-refractivity contribution < 1.29 is 24.3 Å². The van der Waals surface area contributed by atoms with Crippen LogP contribution in [0.2, 0.25) is 0 Å². The molecule has 3 aromatic rings. The molecular weight excluding hydrogens is 456 g/mol. The van der Waals surface area contributed by atoms with Crippen molar-refractivity contribution in [3.63, 3.8) is 0 Å². The van der Waals surface area contributed by atoms with Gasteiger partial charge in [-0.2, -0.15) is 0 Å². The number of carbonyl (C=O) groups excluding carboxylic acids is 2. The summed E-state index contributed by atoms with van der Waals surface area (Å²) in [4.78, 5) is 29.3. The predicted molar refractivity (Wildman–Crippen MR) is 137 cm³/mol. The average molecular weight is 489 g/mol. The van der Waals surface area contributed by atoms with Gasteiger partial charge in [-0.3, -0.25) is 14.6 Å². The summed E-state index contributed by atoms with van der Waals surface area (Å²) >= 11 is 0. The zero-order valence-corrected chi connectivity index (χ0v) is 21.1. The molecule has 0 fully saturated rings. The largest absolute Gasteiger partial charge is 0.465 e. The van der Waals surface area contributed by atoms with E-state index in [0.29, 0.717) is 17.7 Å². The molecule has 7 heteroatoms. The van der Waals surface area contributed by atoms with Gasteiger partial charge in [0, 0.05) is 29.8 Å². The molecule has 0 aliphatic rings. The van der Waals surface area contributed by atoms with E-state index >= 15 is 0 Å². The maximum absolute atomic E-state index is 12.5. The number of carbonyl (C=O) groups is 2. The summed E-state index contributed by atoms with van der Waals surface area (Å²) in [6.45, 7) is 7.65. The minimum absolute atomic E-state index is 0.136. The molecule has 1 heterocycles. The van der Waals surface area contributed by atoms with E-state index in [1.54, 1.807) is 32.2 Å². The first-order valence-electron chi connectivity index (χ1n) is 12.0. The van der Waals surface area contributed by atoms with Gasteiger partial charge in [0.25, 0.3) is 0 Å². The summed E-state index contributed by atoms with van der Waals surface area (Å²) < 4.78 is 10.3. The number of ether oxygens (including phenoxy) is 2. The molecule has 0 bridgehead atoms. The zero-order chi connectivity index (χ0) is 26.1. The number of aryl methyl sites for hydroxylation is 2. The first-order chi connectivity index (χ1) is 17.4. The molecular formula is C29H32N2O5. The number of oxime groups is 1. The van der Waals surface area contributed by atoms with Gasteiger partial charge >= 0.3 is 11.9 Å². The molecule has 1 atom stereocenters. The number of hydrogen-bond acceptors (Lipinski definition) is 7. The van der Waals surface area contributed by atoms with Crippen LogP contribution in [0.3, 0.4) is 0 Å². The van der Waals surface area contributed by atoms with Crippen molar-refractivity contribution in [1.82, 2.24) is 4.98 Å². The Hall–Kier alpha value is -4.00. The Kier molecular flexibility index (Phi) is 9.33. The average Bonchev–Trinajstić information content (AvgIpc) is 2.86. The second-order valence-electron chi connectivity index (χ2n) is 8.45. The van der Waals surface area contributed by atoms with Gasteiger partial charge in [0.05, 0.1) is 18.9 Å². The van der Waals surface area contributed by atoms with Crippen LogP contribution in [0.15, 0.2) is 72.0 Å². The Morgan fingerprint density at radius 2 is 1.53 bits per heavy atom. The molecule has 0 radical (unpaired) electrons. The fourth-order valence-corrected chi connectivity index (χ4v) is 4.26. The first kappa shape index (κ1) is 26.6. The highest BCUT2D eigenvalue weighted by Crippen LogP contribution is 2.33. The van der Waals surface area contributed by atoms with Crippen LogP contribution < -0.4 is 0 Å². The van der Waals surface area contributed by atoms with Crippen LogP contribution in [0.25, 0.3) is 0 Å². The third-order valence-corrected chi connectivity index (χ3v) is 6.03. The third-order valence-electron chi connectivity index (χ3n) is 6.03. The fourth-order valence-electron chi connectivity index (χ4n) is 4.26. The van der Waals surface area contributed by atoms with Crippen molar-refractivity contribution in [3.8, 4) is 0 Å². The molecule has 188 valence electrons. The van der Waals surface area contributed by atoms with Crippen LogP contribution in [0.4, 0.5) is 0 Å². The van der Waals surface area contributed by atoms with Crippen molar-refractivity contribution in [2.45, 2.75) is 46.0 Å². The van der Waals surface area contributed by atoms with E-state index in [9.17, 15) is 14.8 Å². The highest BCUT2D eigenvalue weighted by molar-refractivity contribution is 6.01. The van der Waals surface area contributed by atoms with Gasteiger partial charge in [-0.1, -0.05) is 53.7 Å². The normalized spacial score (nSPS) is 12.3. The van der Waals surface area contributed by atoms with Crippen LogP contribution in [-0.2, 0) is 19.1 Å². The summed E-state index contributed by atoms with van der Waals surface area (Å²) in [5.74, 6) is -2.56. The molecule has 1 N–H and O–H groups in total. The minimum atomic E-state index is -1.15. The molecule has 2 aromatic carbocycles. The molecule has 0 saturated carbocycles. The summed E-state index contributed by atoms with van der Waals surface area (Å²) in [6, 6.07) is 19.1. The van der Waals surface area contributed by atoms with Crippen LogP contribution in [0, 0.1) is 13.8 Å². The first-order valence-corrected chi connectivity index (χ1v) is 12.0. The molecule has 1 aromatic heterocycles. The Labute approximate surface area is 211 Å². The van der Waals surface area contributed by atoms with Crippen molar-refractivity contribution >= 4 is 17.7 Å². The lowest BCUT2D eigenvalue weighted by Gasteiger charge is -2.22. The van der Waals surface area contributed by atoms with E-state index in [1.807, 2.05) is 56.3 Å². The second kappa shape index (κ2) is 12.6. The van der Waals surface area contributed by atoms with Crippen molar-refractivity contribution in [1.29, 1.82) is 0 Å². The Bertz CT molecular complexity index is 1200. The molecule has 7 nitrogen and oxygen atoms in total. The van der Waals surface area contributed by atoms with E-state index < -0.39 is 17.9 Å². The minimum Gasteiger partial charge on any atom is -0.465 e. The van der Waals surface area contributed by atoms with E-state index in [2.05, 4.69) is 16.2 Å². The standard InChI is InChI=1S/C29H32N2O5/c1-5-35-28(32)27(29(33)36-6-2)22-13-11-21(12-14-22)25(24-10-8-7-9-19(24)3)18-26(31-34)23-15-16-30-20(4)17-23/h7-17,25,27,34H,5-6,18H2,1-4H3/t25-/m0/s1. The number of hydrogen-bond donors (Lipinski definition) is 1. The molecule has 0 aliphatic carbocycles. The Morgan fingerprint density at radius 1 is 0.917 bits per heavy atom. The van der Waals surface area contributed by atoms with Gasteiger partial charge in [0.15, 0.2) is 5.92 Å². The summed E-state index contributed by atoms with van der Waals surface area (Å²) in [7, 11) is 0. The summed E-state index contributed by atoms with van der Waals surface area (Å²) in [5.41, 5.74) is 5.80.